The van der Waals surface area contributed by atoms with Gasteiger partial charge in [0.05, 0.1) is 34.4 Å². The molecular formula is C42H84NO7P. The molecule has 0 N–H and O–H groups in total. The molecule has 0 saturated heterocycles. The highest BCUT2D eigenvalue weighted by molar-refractivity contribution is 7.45. The fraction of sp³-hybridized carbons (Fsp3) is 0.929. The summed E-state index contributed by atoms with van der Waals surface area (Å²) in [6.07, 6.45) is 38.0. The van der Waals surface area contributed by atoms with E-state index in [1.54, 1.807) is 0 Å². The molecule has 0 amide bonds. The van der Waals surface area contributed by atoms with Crippen molar-refractivity contribution in [3.63, 3.8) is 0 Å². The minimum Gasteiger partial charge on any atom is -0.756 e. The van der Waals surface area contributed by atoms with Gasteiger partial charge in [-0.25, -0.2) is 0 Å². The van der Waals surface area contributed by atoms with Gasteiger partial charge in [0.25, 0.3) is 7.82 Å². The van der Waals surface area contributed by atoms with E-state index in [9.17, 15) is 14.3 Å². The normalized spacial score (nSPS) is 13.9. The highest BCUT2D eigenvalue weighted by Gasteiger charge is 2.20. The quantitative estimate of drug-likeness (QED) is 0.0203. The van der Waals surface area contributed by atoms with Crippen molar-refractivity contribution < 1.29 is 37.3 Å². The lowest BCUT2D eigenvalue weighted by molar-refractivity contribution is -0.870. The van der Waals surface area contributed by atoms with Gasteiger partial charge in [-0.05, 0) is 32.1 Å². The minimum atomic E-state index is -4.52. The standard InChI is InChI=1S/C42H84NO7P/c1-6-8-10-12-14-16-18-19-20-21-22-23-24-25-26-28-30-32-34-37-47-39-41(40-49-51(45,46)48-38-36-43(3,4)5)50-42(44)35-33-31-29-27-17-15-13-11-9-7-2/h11,13,41H,6-10,12,14-40H2,1-5H3/b13-11-. The second-order valence-electron chi connectivity index (χ2n) is 15.7. The van der Waals surface area contributed by atoms with Crippen LogP contribution in [-0.2, 0) is 27.9 Å². The lowest BCUT2D eigenvalue weighted by Gasteiger charge is -2.28. The van der Waals surface area contributed by atoms with Crippen LogP contribution in [0.3, 0.4) is 0 Å². The van der Waals surface area contributed by atoms with E-state index in [1.165, 1.54) is 122 Å². The van der Waals surface area contributed by atoms with Crippen molar-refractivity contribution in [2.45, 2.75) is 200 Å². The van der Waals surface area contributed by atoms with Gasteiger partial charge >= 0.3 is 5.97 Å². The number of unbranched alkanes of at least 4 members (excludes halogenated alkanes) is 24. The van der Waals surface area contributed by atoms with Gasteiger partial charge in [-0.1, -0.05) is 167 Å². The second kappa shape index (κ2) is 36.2. The Kier molecular flexibility index (Phi) is 35.7. The third-order valence-corrected chi connectivity index (χ3v) is 10.3. The number of likely N-dealkylation sites (N-methyl/N-ethyl adjacent to an activating group) is 1. The van der Waals surface area contributed by atoms with Crippen LogP contribution in [-0.4, -0.2) is 70.7 Å². The summed E-state index contributed by atoms with van der Waals surface area (Å²) in [5.41, 5.74) is 0. The molecule has 0 saturated carbocycles. The molecule has 9 heteroatoms. The molecule has 51 heavy (non-hydrogen) atoms. The van der Waals surface area contributed by atoms with E-state index in [1.807, 2.05) is 21.1 Å². The zero-order valence-corrected chi connectivity index (χ0v) is 35.2. The van der Waals surface area contributed by atoms with Crippen LogP contribution in [0.2, 0.25) is 0 Å². The fourth-order valence-corrected chi connectivity index (χ4v) is 6.69. The Morgan fingerprint density at radius 1 is 0.588 bits per heavy atom. The molecule has 0 aromatic heterocycles. The predicted octanol–water partition coefficient (Wildman–Crippen LogP) is 11.6. The Morgan fingerprint density at radius 3 is 1.57 bits per heavy atom. The van der Waals surface area contributed by atoms with Crippen LogP contribution in [0, 0.1) is 0 Å². The van der Waals surface area contributed by atoms with Crippen molar-refractivity contribution in [2.24, 2.45) is 0 Å². The SMILES string of the molecule is CCC/C=C\CCCCCCCC(=O)OC(COCCCCCCCCCCCCCCCCCCCCC)COP(=O)([O-])OCC[N+](C)(C)C. The number of hydrogen-bond donors (Lipinski definition) is 0. The van der Waals surface area contributed by atoms with Crippen molar-refractivity contribution in [2.75, 3.05) is 54.1 Å². The van der Waals surface area contributed by atoms with Crippen molar-refractivity contribution in [1.29, 1.82) is 0 Å². The lowest BCUT2D eigenvalue weighted by Crippen LogP contribution is -2.37. The smallest absolute Gasteiger partial charge is 0.306 e. The number of phosphoric acid groups is 1. The van der Waals surface area contributed by atoms with E-state index < -0.39 is 13.9 Å². The van der Waals surface area contributed by atoms with Gasteiger partial charge < -0.3 is 27.9 Å². The highest BCUT2D eigenvalue weighted by Crippen LogP contribution is 2.38. The van der Waals surface area contributed by atoms with Crippen molar-refractivity contribution in [3.8, 4) is 0 Å². The van der Waals surface area contributed by atoms with E-state index in [4.69, 9.17) is 18.5 Å². The zero-order valence-electron chi connectivity index (χ0n) is 34.3. The molecule has 0 aliphatic carbocycles. The number of quaternary nitrogens is 1. The molecule has 0 aromatic carbocycles. The first-order valence-corrected chi connectivity index (χ1v) is 22.9. The van der Waals surface area contributed by atoms with Crippen molar-refractivity contribution >= 4 is 13.8 Å². The van der Waals surface area contributed by atoms with Gasteiger partial charge in [0.15, 0.2) is 0 Å². The predicted molar refractivity (Wildman–Crippen MR) is 213 cm³/mol. The summed E-state index contributed by atoms with van der Waals surface area (Å²) in [5, 5.41) is 0. The Balaban J connectivity index is 4.13. The molecule has 0 bridgehead atoms. The third kappa shape index (κ3) is 40.3. The largest absolute Gasteiger partial charge is 0.756 e. The number of nitrogens with zero attached hydrogens (tertiary/aromatic N) is 1. The van der Waals surface area contributed by atoms with Crippen LogP contribution >= 0.6 is 7.82 Å². The van der Waals surface area contributed by atoms with Crippen molar-refractivity contribution in [3.05, 3.63) is 12.2 Å². The van der Waals surface area contributed by atoms with Gasteiger partial charge in [-0.3, -0.25) is 9.36 Å². The first-order valence-electron chi connectivity index (χ1n) is 21.4. The van der Waals surface area contributed by atoms with Crippen LogP contribution in [0.5, 0.6) is 0 Å². The molecule has 0 fully saturated rings. The first-order chi connectivity index (χ1) is 24.6. The molecule has 2 atom stereocenters. The number of hydrogen-bond acceptors (Lipinski definition) is 7. The van der Waals surface area contributed by atoms with Crippen molar-refractivity contribution in [1.82, 2.24) is 0 Å². The van der Waals surface area contributed by atoms with Gasteiger partial charge in [0, 0.05) is 13.0 Å². The molecular weight excluding hydrogens is 661 g/mol. The van der Waals surface area contributed by atoms with Gasteiger partial charge in [-0.15, -0.1) is 0 Å². The monoisotopic (exact) mass is 746 g/mol. The number of carbonyl (C=O) groups excluding carboxylic acids is 1. The van der Waals surface area contributed by atoms with E-state index in [-0.39, 0.29) is 25.8 Å². The molecule has 0 spiro atoms. The van der Waals surface area contributed by atoms with Crippen LogP contribution in [0.15, 0.2) is 12.2 Å². The summed E-state index contributed by atoms with van der Waals surface area (Å²) in [6.45, 7) is 5.37. The van der Waals surface area contributed by atoms with Crippen LogP contribution in [0.4, 0.5) is 0 Å². The van der Waals surface area contributed by atoms with Gasteiger partial charge in [0.2, 0.25) is 0 Å². The molecule has 0 aliphatic rings. The number of allylic oxidation sites excluding steroid dienone is 2. The Morgan fingerprint density at radius 2 is 1.06 bits per heavy atom. The maximum atomic E-state index is 12.6. The van der Waals surface area contributed by atoms with Crippen LogP contribution in [0.1, 0.15) is 194 Å². The molecule has 0 heterocycles. The zero-order chi connectivity index (χ0) is 37.7. The van der Waals surface area contributed by atoms with Crippen LogP contribution in [0.25, 0.3) is 0 Å². The number of ether oxygens (including phenoxy) is 2. The third-order valence-electron chi connectivity index (χ3n) is 9.30. The Bertz CT molecular complexity index is 833. The lowest BCUT2D eigenvalue weighted by atomic mass is 10.0. The number of phosphoric ester groups is 1. The summed E-state index contributed by atoms with van der Waals surface area (Å²) in [4.78, 5) is 24.9. The number of rotatable bonds is 40. The Labute approximate surface area is 316 Å². The van der Waals surface area contributed by atoms with E-state index in [2.05, 4.69) is 26.0 Å². The molecule has 0 rings (SSSR count). The maximum absolute atomic E-state index is 12.6. The average Bonchev–Trinajstić information content (AvgIpc) is 3.08. The molecule has 8 nitrogen and oxygen atoms in total. The molecule has 2 unspecified atom stereocenters. The molecule has 0 radical (unpaired) electrons. The molecule has 0 aliphatic heterocycles. The summed E-state index contributed by atoms with van der Waals surface area (Å²) >= 11 is 0. The number of esters is 1. The number of carbonyl (C=O) groups is 1. The minimum absolute atomic E-state index is 0.0274. The maximum Gasteiger partial charge on any atom is 0.306 e. The Hall–Kier alpha value is -0.760. The summed E-state index contributed by atoms with van der Waals surface area (Å²) in [7, 11) is 1.36. The van der Waals surface area contributed by atoms with Gasteiger partial charge in [-0.2, -0.15) is 0 Å². The molecule has 304 valence electrons. The van der Waals surface area contributed by atoms with Gasteiger partial charge in [0.1, 0.15) is 19.3 Å². The topological polar surface area (TPSA) is 94.1 Å². The fourth-order valence-electron chi connectivity index (χ4n) is 5.96. The van der Waals surface area contributed by atoms with E-state index in [0.717, 1.165) is 51.4 Å². The van der Waals surface area contributed by atoms with E-state index in [0.29, 0.717) is 24.1 Å². The summed E-state index contributed by atoms with van der Waals surface area (Å²) in [5.74, 6) is -0.343. The highest BCUT2D eigenvalue weighted by atomic mass is 31.2. The second-order valence-corrected chi connectivity index (χ2v) is 17.1. The summed E-state index contributed by atoms with van der Waals surface area (Å²) < 4.78 is 34.5. The first kappa shape index (κ1) is 50.2. The molecule has 0 aromatic rings. The summed E-state index contributed by atoms with van der Waals surface area (Å²) in [6, 6.07) is 0. The van der Waals surface area contributed by atoms with Crippen LogP contribution < -0.4 is 4.89 Å². The average molecular weight is 746 g/mol. The van der Waals surface area contributed by atoms with E-state index >= 15 is 0 Å².